The minimum atomic E-state index is -0.334. The Balaban J connectivity index is 1.65. The zero-order chi connectivity index (χ0) is 18.0. The molecule has 1 atom stereocenters. The van der Waals surface area contributed by atoms with Crippen LogP contribution in [0.3, 0.4) is 0 Å². The van der Waals surface area contributed by atoms with Crippen LogP contribution in [0.5, 0.6) is 0 Å². The molecule has 0 radical (unpaired) electrons. The van der Waals surface area contributed by atoms with E-state index in [4.69, 9.17) is 11.6 Å². The van der Waals surface area contributed by atoms with Crippen LogP contribution in [-0.2, 0) is 0 Å². The lowest BCUT2D eigenvalue weighted by Gasteiger charge is -2.34. The van der Waals surface area contributed by atoms with E-state index in [9.17, 15) is 9.18 Å². The van der Waals surface area contributed by atoms with Crippen LogP contribution in [0.15, 0.2) is 23.8 Å². The summed E-state index contributed by atoms with van der Waals surface area (Å²) in [7, 11) is 0. The summed E-state index contributed by atoms with van der Waals surface area (Å²) in [5.41, 5.74) is 1.64. The average Bonchev–Trinajstić information content (AvgIpc) is 2.95. The topological polar surface area (TPSA) is 58.1 Å². The number of nitrogens with zero attached hydrogens (tertiary/aromatic N) is 3. The number of hydrogen-bond donors (Lipinski definition) is 1. The molecule has 1 unspecified atom stereocenters. The number of halogens is 2. The number of piperidine rings is 1. The molecule has 1 aromatic heterocycles. The van der Waals surface area contributed by atoms with Gasteiger partial charge in [0.25, 0.3) is 0 Å². The van der Waals surface area contributed by atoms with Crippen molar-refractivity contribution in [3.8, 4) is 0 Å². The third-order valence-electron chi connectivity index (χ3n) is 4.09. The van der Waals surface area contributed by atoms with Gasteiger partial charge in [0.2, 0.25) is 5.13 Å². The van der Waals surface area contributed by atoms with Gasteiger partial charge in [-0.2, -0.15) is 4.37 Å². The molecule has 0 spiro atoms. The van der Waals surface area contributed by atoms with Gasteiger partial charge in [0, 0.05) is 34.7 Å². The van der Waals surface area contributed by atoms with Crippen LogP contribution in [0.2, 0.25) is 5.02 Å². The van der Waals surface area contributed by atoms with E-state index in [2.05, 4.69) is 14.7 Å². The Labute approximate surface area is 154 Å². The predicted molar refractivity (Wildman–Crippen MR) is 98.5 cm³/mol. The van der Waals surface area contributed by atoms with Gasteiger partial charge >= 0.3 is 6.03 Å². The third-order valence-corrected chi connectivity index (χ3v) is 5.04. The molecular formula is C17H18ClFN4OS. The first-order valence-corrected chi connectivity index (χ1v) is 9.10. The maximum absolute atomic E-state index is 13.9. The van der Waals surface area contributed by atoms with Crippen molar-refractivity contribution in [3.05, 3.63) is 46.0 Å². The monoisotopic (exact) mass is 380 g/mol. The van der Waals surface area contributed by atoms with E-state index >= 15 is 0 Å². The number of aromatic nitrogens is 2. The smallest absolute Gasteiger partial charge is 0.321 e. The molecule has 0 bridgehead atoms. The van der Waals surface area contributed by atoms with E-state index in [-0.39, 0.29) is 17.9 Å². The van der Waals surface area contributed by atoms with Crippen LogP contribution >= 0.6 is 23.1 Å². The number of aryl methyl sites for hydroxylation is 1. The molecule has 1 aliphatic heterocycles. The lowest BCUT2D eigenvalue weighted by Crippen LogP contribution is -2.45. The van der Waals surface area contributed by atoms with E-state index in [1.165, 1.54) is 6.07 Å². The van der Waals surface area contributed by atoms with Gasteiger partial charge in [-0.15, -0.1) is 0 Å². The minimum Gasteiger partial charge on any atom is -0.321 e. The number of nitrogens with one attached hydrogen (secondary N) is 1. The zero-order valence-electron chi connectivity index (χ0n) is 13.9. The molecule has 0 aliphatic carbocycles. The second-order valence-corrected chi connectivity index (χ2v) is 7.23. The Kier molecular flexibility index (Phi) is 5.34. The van der Waals surface area contributed by atoms with Crippen molar-refractivity contribution in [2.75, 3.05) is 11.9 Å². The van der Waals surface area contributed by atoms with Crippen LogP contribution < -0.4 is 5.32 Å². The fourth-order valence-corrected chi connectivity index (χ4v) is 3.58. The van der Waals surface area contributed by atoms with Crippen LogP contribution in [0.25, 0.3) is 6.08 Å². The summed E-state index contributed by atoms with van der Waals surface area (Å²) in [4.78, 5) is 18.3. The molecule has 1 N–H and O–H groups in total. The highest BCUT2D eigenvalue weighted by Gasteiger charge is 2.26. The van der Waals surface area contributed by atoms with Crippen molar-refractivity contribution in [1.29, 1.82) is 0 Å². The second-order valence-electron chi connectivity index (χ2n) is 6.04. The van der Waals surface area contributed by atoms with E-state index in [0.29, 0.717) is 40.9 Å². The fourth-order valence-electron chi connectivity index (χ4n) is 2.86. The Bertz CT molecular complexity index is 823. The number of benzene rings is 1. The molecule has 1 aliphatic rings. The fraction of sp³-hybridized carbons (Fsp3) is 0.353. The number of amides is 2. The molecule has 5 nitrogen and oxygen atoms in total. The van der Waals surface area contributed by atoms with Crippen LogP contribution in [0.4, 0.5) is 14.3 Å². The van der Waals surface area contributed by atoms with Gasteiger partial charge in [0.1, 0.15) is 11.6 Å². The molecule has 132 valence electrons. The van der Waals surface area contributed by atoms with Gasteiger partial charge in [-0.3, -0.25) is 5.32 Å². The van der Waals surface area contributed by atoms with Crippen molar-refractivity contribution in [3.63, 3.8) is 0 Å². The van der Waals surface area contributed by atoms with Gasteiger partial charge in [-0.1, -0.05) is 29.3 Å². The summed E-state index contributed by atoms with van der Waals surface area (Å²) >= 11 is 6.95. The lowest BCUT2D eigenvalue weighted by atomic mass is 9.96. The van der Waals surface area contributed by atoms with Crippen molar-refractivity contribution in [2.24, 2.45) is 0 Å². The SMILES string of the molecule is Cc1nsc(NC(=O)N2CC/C(=C\c3ccc(Cl)cc3F)CC2C)n1. The molecule has 3 rings (SSSR count). The first kappa shape index (κ1) is 17.8. The van der Waals surface area contributed by atoms with Crippen molar-refractivity contribution in [2.45, 2.75) is 32.7 Å². The molecule has 25 heavy (non-hydrogen) atoms. The van der Waals surface area contributed by atoms with Gasteiger partial charge in [-0.05, 0) is 38.8 Å². The molecular weight excluding hydrogens is 363 g/mol. The normalized spacial score (nSPS) is 19.3. The maximum atomic E-state index is 13.9. The number of carbonyl (C=O) groups is 1. The first-order valence-electron chi connectivity index (χ1n) is 7.95. The number of hydrogen-bond acceptors (Lipinski definition) is 4. The number of likely N-dealkylation sites (tertiary alicyclic amines) is 1. The van der Waals surface area contributed by atoms with E-state index < -0.39 is 0 Å². The largest absolute Gasteiger partial charge is 0.323 e. The Morgan fingerprint density at radius 1 is 1.52 bits per heavy atom. The molecule has 8 heteroatoms. The maximum Gasteiger partial charge on any atom is 0.323 e. The van der Waals surface area contributed by atoms with Gasteiger partial charge in [-0.25, -0.2) is 14.2 Å². The lowest BCUT2D eigenvalue weighted by molar-refractivity contribution is 0.184. The summed E-state index contributed by atoms with van der Waals surface area (Å²) in [5, 5.41) is 3.66. The van der Waals surface area contributed by atoms with Crippen molar-refractivity contribution in [1.82, 2.24) is 14.3 Å². The number of carbonyl (C=O) groups excluding carboxylic acids is 1. The highest BCUT2D eigenvalue weighted by atomic mass is 35.5. The van der Waals surface area contributed by atoms with Crippen LogP contribution in [0, 0.1) is 12.7 Å². The highest BCUT2D eigenvalue weighted by molar-refractivity contribution is 7.09. The number of anilines is 1. The Morgan fingerprint density at radius 2 is 2.32 bits per heavy atom. The number of rotatable bonds is 2. The van der Waals surface area contributed by atoms with E-state index in [1.807, 2.05) is 13.0 Å². The molecule has 2 aromatic rings. The standard InChI is InChI=1S/C17H18ClFN4OS/c1-10-7-12(8-13-3-4-14(18)9-15(13)19)5-6-23(10)17(24)21-16-20-11(2)22-25-16/h3-4,8-10H,5-7H2,1-2H3,(H,20,21,22,24)/b12-8+. The van der Waals surface area contributed by atoms with Gasteiger partial charge < -0.3 is 4.90 Å². The summed E-state index contributed by atoms with van der Waals surface area (Å²) in [5.74, 6) is 0.307. The molecule has 1 saturated heterocycles. The Morgan fingerprint density at radius 3 is 2.96 bits per heavy atom. The zero-order valence-corrected chi connectivity index (χ0v) is 15.5. The summed E-state index contributed by atoms with van der Waals surface area (Å²) in [6, 6.07) is 4.49. The minimum absolute atomic E-state index is 0.0179. The molecule has 2 heterocycles. The second kappa shape index (κ2) is 7.49. The van der Waals surface area contributed by atoms with Crippen molar-refractivity contribution >= 4 is 40.4 Å². The van der Waals surface area contributed by atoms with Crippen LogP contribution in [0.1, 0.15) is 31.2 Å². The molecule has 0 saturated carbocycles. The van der Waals surface area contributed by atoms with E-state index in [0.717, 1.165) is 17.1 Å². The summed E-state index contributed by atoms with van der Waals surface area (Å²) in [6.07, 6.45) is 3.26. The predicted octanol–water partition coefficient (Wildman–Crippen LogP) is 4.74. The third kappa shape index (κ3) is 4.35. The number of urea groups is 1. The molecule has 1 fully saturated rings. The first-order chi connectivity index (χ1) is 11.9. The summed E-state index contributed by atoms with van der Waals surface area (Å²) < 4.78 is 18.0. The average molecular weight is 381 g/mol. The van der Waals surface area contributed by atoms with Crippen LogP contribution in [-0.4, -0.2) is 32.9 Å². The van der Waals surface area contributed by atoms with Gasteiger partial charge in [0.05, 0.1) is 0 Å². The van der Waals surface area contributed by atoms with Gasteiger partial charge in [0.15, 0.2) is 0 Å². The highest BCUT2D eigenvalue weighted by Crippen LogP contribution is 2.26. The molecule has 2 amide bonds. The quantitative estimate of drug-likeness (QED) is 0.818. The molecule has 1 aromatic carbocycles. The summed E-state index contributed by atoms with van der Waals surface area (Å²) in [6.45, 7) is 4.34. The Hall–Kier alpha value is -1.99. The van der Waals surface area contributed by atoms with Crippen molar-refractivity contribution < 1.29 is 9.18 Å². The van der Waals surface area contributed by atoms with E-state index in [1.54, 1.807) is 24.0 Å².